The van der Waals surface area contributed by atoms with Crippen LogP contribution in [0.4, 0.5) is 5.82 Å². The highest BCUT2D eigenvalue weighted by molar-refractivity contribution is 5.62. The molecule has 0 amide bonds. The number of hydrogen-bond acceptors (Lipinski definition) is 3. The van der Waals surface area contributed by atoms with Crippen LogP contribution >= 0.6 is 0 Å². The number of imidazole rings is 1. The zero-order valence-corrected chi connectivity index (χ0v) is 8.83. The second kappa shape index (κ2) is 3.10. The lowest BCUT2D eigenvalue weighted by Crippen LogP contribution is -1.96. The van der Waals surface area contributed by atoms with E-state index in [4.69, 9.17) is 5.73 Å². The number of hydrogen-bond donors (Lipinski definition) is 1. The Morgan fingerprint density at radius 1 is 1.31 bits per heavy atom. The topological polar surface area (TPSA) is 61.1 Å². The molecule has 0 spiro atoms. The zero-order chi connectivity index (χ0) is 11.1. The van der Waals surface area contributed by atoms with E-state index in [0.717, 1.165) is 17.0 Å². The van der Waals surface area contributed by atoms with Crippen LogP contribution in [0.2, 0.25) is 0 Å². The molecule has 0 radical (unpaired) electrons. The van der Waals surface area contributed by atoms with Gasteiger partial charge in [0.15, 0.2) is 0 Å². The van der Waals surface area contributed by atoms with Gasteiger partial charge in [0, 0.05) is 19.3 Å². The number of nitrogens with zero attached hydrogens (tertiary/aromatic N) is 4. The molecule has 0 saturated carbocycles. The Hall–Kier alpha value is -2.30. The summed E-state index contributed by atoms with van der Waals surface area (Å²) in [6, 6.07) is 7.72. The minimum atomic E-state index is 0.640. The van der Waals surface area contributed by atoms with E-state index in [0.29, 0.717) is 5.82 Å². The van der Waals surface area contributed by atoms with Gasteiger partial charge in [-0.25, -0.2) is 4.98 Å². The van der Waals surface area contributed by atoms with Crippen LogP contribution in [0, 0.1) is 0 Å². The van der Waals surface area contributed by atoms with E-state index in [-0.39, 0.29) is 0 Å². The molecule has 0 aliphatic rings. The molecule has 0 bridgehead atoms. The standard InChI is InChI=1S/C11H11N5/c1-15-10(12)6-8(14-15)9-7-13-11-4-2-3-5-16(9)11/h2-7H,12H2,1H3. The Balaban J connectivity index is 2.26. The molecule has 3 rings (SSSR count). The van der Waals surface area contributed by atoms with E-state index < -0.39 is 0 Å². The van der Waals surface area contributed by atoms with Crippen molar-refractivity contribution in [3.05, 3.63) is 36.7 Å². The summed E-state index contributed by atoms with van der Waals surface area (Å²) in [6.45, 7) is 0. The molecule has 16 heavy (non-hydrogen) atoms. The fourth-order valence-electron chi connectivity index (χ4n) is 1.73. The number of aryl methyl sites for hydroxylation is 1. The van der Waals surface area contributed by atoms with E-state index >= 15 is 0 Å². The van der Waals surface area contributed by atoms with Crippen molar-refractivity contribution in [3.8, 4) is 11.4 Å². The van der Waals surface area contributed by atoms with Crippen molar-refractivity contribution < 1.29 is 0 Å². The summed E-state index contributed by atoms with van der Waals surface area (Å²) in [5, 5.41) is 4.33. The summed E-state index contributed by atoms with van der Waals surface area (Å²) in [7, 11) is 1.82. The maximum Gasteiger partial charge on any atom is 0.137 e. The first-order valence-corrected chi connectivity index (χ1v) is 4.98. The van der Waals surface area contributed by atoms with Crippen molar-refractivity contribution in [1.29, 1.82) is 0 Å². The van der Waals surface area contributed by atoms with E-state index in [9.17, 15) is 0 Å². The highest BCUT2D eigenvalue weighted by Gasteiger charge is 2.09. The van der Waals surface area contributed by atoms with Crippen LogP contribution in [0.25, 0.3) is 17.0 Å². The number of rotatable bonds is 1. The van der Waals surface area contributed by atoms with Gasteiger partial charge in [-0.15, -0.1) is 0 Å². The Morgan fingerprint density at radius 2 is 2.19 bits per heavy atom. The third kappa shape index (κ3) is 1.18. The van der Waals surface area contributed by atoms with Crippen LogP contribution in [0.3, 0.4) is 0 Å². The lowest BCUT2D eigenvalue weighted by molar-refractivity contribution is 0.781. The van der Waals surface area contributed by atoms with Gasteiger partial charge in [-0.2, -0.15) is 5.10 Å². The Labute approximate surface area is 92.1 Å². The lowest BCUT2D eigenvalue weighted by Gasteiger charge is -1.96. The fraction of sp³-hybridized carbons (Fsp3) is 0.0909. The molecule has 0 aliphatic carbocycles. The first-order chi connectivity index (χ1) is 7.75. The molecule has 3 aromatic rings. The Morgan fingerprint density at radius 3 is 2.94 bits per heavy atom. The highest BCUT2D eigenvalue weighted by Crippen LogP contribution is 2.20. The van der Waals surface area contributed by atoms with Crippen molar-refractivity contribution in [1.82, 2.24) is 19.2 Å². The first kappa shape index (κ1) is 8.96. The predicted octanol–water partition coefficient (Wildman–Crippen LogP) is 1.32. The average molecular weight is 213 g/mol. The molecule has 5 heteroatoms. The lowest BCUT2D eigenvalue weighted by atomic mass is 10.3. The Kier molecular flexibility index (Phi) is 1.73. The van der Waals surface area contributed by atoms with Gasteiger partial charge in [-0.05, 0) is 12.1 Å². The smallest absolute Gasteiger partial charge is 0.137 e. The maximum atomic E-state index is 5.76. The summed E-state index contributed by atoms with van der Waals surface area (Å²) >= 11 is 0. The summed E-state index contributed by atoms with van der Waals surface area (Å²) in [5.41, 5.74) is 8.45. The zero-order valence-electron chi connectivity index (χ0n) is 8.83. The molecule has 5 nitrogen and oxygen atoms in total. The van der Waals surface area contributed by atoms with Crippen LogP contribution < -0.4 is 5.73 Å². The summed E-state index contributed by atoms with van der Waals surface area (Å²) in [4.78, 5) is 4.31. The van der Waals surface area contributed by atoms with E-state index in [1.807, 2.05) is 41.9 Å². The molecule has 0 atom stereocenters. The van der Waals surface area contributed by atoms with E-state index in [1.165, 1.54) is 0 Å². The second-order valence-corrected chi connectivity index (χ2v) is 3.65. The molecule has 3 aromatic heterocycles. The van der Waals surface area contributed by atoms with Crippen LogP contribution in [-0.2, 0) is 7.05 Å². The number of nitrogen functional groups attached to an aromatic ring is 1. The Bertz CT molecular complexity index is 630. The molecule has 0 saturated heterocycles. The SMILES string of the molecule is Cn1nc(-c2cnc3ccccn23)cc1N. The van der Waals surface area contributed by atoms with Gasteiger partial charge in [0.05, 0.1) is 11.9 Å². The molecule has 0 unspecified atom stereocenters. The summed E-state index contributed by atoms with van der Waals surface area (Å²) < 4.78 is 3.64. The number of aromatic nitrogens is 4. The van der Waals surface area contributed by atoms with Crippen molar-refractivity contribution in [2.24, 2.45) is 7.05 Å². The van der Waals surface area contributed by atoms with Crippen LogP contribution in [-0.4, -0.2) is 19.2 Å². The van der Waals surface area contributed by atoms with Gasteiger partial charge in [0.2, 0.25) is 0 Å². The van der Waals surface area contributed by atoms with Gasteiger partial charge in [0.1, 0.15) is 17.2 Å². The van der Waals surface area contributed by atoms with Crippen LogP contribution in [0.15, 0.2) is 36.7 Å². The molecule has 80 valence electrons. The molecule has 3 heterocycles. The number of nitrogens with two attached hydrogens (primary N) is 1. The number of pyridine rings is 1. The second-order valence-electron chi connectivity index (χ2n) is 3.65. The van der Waals surface area contributed by atoms with Crippen LogP contribution in [0.1, 0.15) is 0 Å². The first-order valence-electron chi connectivity index (χ1n) is 4.98. The number of fused-ring (bicyclic) bond motifs is 1. The fourth-order valence-corrected chi connectivity index (χ4v) is 1.73. The molecular weight excluding hydrogens is 202 g/mol. The quantitative estimate of drug-likeness (QED) is 0.663. The van der Waals surface area contributed by atoms with Crippen molar-refractivity contribution in [2.75, 3.05) is 5.73 Å². The molecule has 0 fully saturated rings. The molecule has 0 aliphatic heterocycles. The number of anilines is 1. The highest BCUT2D eigenvalue weighted by atomic mass is 15.3. The minimum Gasteiger partial charge on any atom is -0.384 e. The van der Waals surface area contributed by atoms with Gasteiger partial charge >= 0.3 is 0 Å². The van der Waals surface area contributed by atoms with Crippen molar-refractivity contribution >= 4 is 11.5 Å². The van der Waals surface area contributed by atoms with Crippen molar-refractivity contribution in [3.63, 3.8) is 0 Å². The third-order valence-corrected chi connectivity index (χ3v) is 2.60. The van der Waals surface area contributed by atoms with Gasteiger partial charge in [-0.3, -0.25) is 9.08 Å². The largest absolute Gasteiger partial charge is 0.384 e. The van der Waals surface area contributed by atoms with E-state index in [1.54, 1.807) is 10.9 Å². The van der Waals surface area contributed by atoms with Gasteiger partial charge < -0.3 is 5.73 Å². The van der Waals surface area contributed by atoms with E-state index in [2.05, 4.69) is 10.1 Å². The monoisotopic (exact) mass is 213 g/mol. The maximum absolute atomic E-state index is 5.76. The van der Waals surface area contributed by atoms with Gasteiger partial charge in [-0.1, -0.05) is 6.07 Å². The molecule has 2 N–H and O–H groups in total. The molecule has 0 aromatic carbocycles. The third-order valence-electron chi connectivity index (χ3n) is 2.60. The average Bonchev–Trinajstić information content (AvgIpc) is 2.83. The van der Waals surface area contributed by atoms with Gasteiger partial charge in [0.25, 0.3) is 0 Å². The predicted molar refractivity (Wildman–Crippen MR) is 61.8 cm³/mol. The minimum absolute atomic E-state index is 0.640. The normalized spacial score (nSPS) is 11.1. The summed E-state index contributed by atoms with van der Waals surface area (Å²) in [5.74, 6) is 0.640. The van der Waals surface area contributed by atoms with Crippen molar-refractivity contribution in [2.45, 2.75) is 0 Å². The molecular formula is C11H11N5. The van der Waals surface area contributed by atoms with Crippen LogP contribution in [0.5, 0.6) is 0 Å². The summed E-state index contributed by atoms with van der Waals surface area (Å²) in [6.07, 6.45) is 3.76.